The number of hydrogen-bond acceptors (Lipinski definition) is 8. The Kier molecular flexibility index (Phi) is 10.5. The van der Waals surface area contributed by atoms with Crippen LogP contribution in [-0.2, 0) is 13.2 Å². The molecule has 8 nitrogen and oxygen atoms in total. The molecule has 44 heavy (non-hydrogen) atoms. The van der Waals surface area contributed by atoms with Crippen LogP contribution in [0.15, 0.2) is 73.1 Å². The largest absolute Gasteiger partial charge is 0.494 e. The maximum Gasteiger partial charge on any atom is 0.153 e. The summed E-state index contributed by atoms with van der Waals surface area (Å²) >= 11 is 6.47. The van der Waals surface area contributed by atoms with E-state index >= 15 is 0 Å². The Morgan fingerprint density at radius 3 is 2.70 bits per heavy atom. The van der Waals surface area contributed by atoms with E-state index in [0.717, 1.165) is 60.5 Å². The van der Waals surface area contributed by atoms with E-state index in [-0.39, 0.29) is 19.3 Å². The number of pyridine rings is 1. The highest BCUT2D eigenvalue weighted by molar-refractivity contribution is 6.32. The second kappa shape index (κ2) is 14.8. The third-order valence-corrected chi connectivity index (χ3v) is 7.91. The van der Waals surface area contributed by atoms with Crippen molar-refractivity contribution in [2.75, 3.05) is 26.2 Å². The fourth-order valence-corrected chi connectivity index (χ4v) is 5.45. The van der Waals surface area contributed by atoms with E-state index in [1.54, 1.807) is 18.3 Å². The second-order valence-corrected chi connectivity index (χ2v) is 11.2. The molecule has 1 fully saturated rings. The van der Waals surface area contributed by atoms with Crippen molar-refractivity contribution in [2.24, 2.45) is 0 Å². The van der Waals surface area contributed by atoms with Crippen molar-refractivity contribution in [3.05, 3.63) is 106 Å². The molecule has 0 amide bonds. The van der Waals surface area contributed by atoms with Crippen molar-refractivity contribution in [3.63, 3.8) is 0 Å². The van der Waals surface area contributed by atoms with Gasteiger partial charge in [0.1, 0.15) is 36.5 Å². The number of likely N-dealkylation sites (tertiary alicyclic amines) is 1. The lowest BCUT2D eigenvalue weighted by atomic mass is 9.96. The summed E-state index contributed by atoms with van der Waals surface area (Å²) in [6.45, 7) is 5.66. The molecule has 4 aromatic rings. The molecule has 0 bridgehead atoms. The first-order chi connectivity index (χ1) is 21.4. The van der Waals surface area contributed by atoms with Crippen LogP contribution >= 0.6 is 11.6 Å². The summed E-state index contributed by atoms with van der Waals surface area (Å²) in [7, 11) is 0. The maximum absolute atomic E-state index is 11.7. The Balaban J connectivity index is 1.23. The molecule has 2 heterocycles. The van der Waals surface area contributed by atoms with Gasteiger partial charge in [0.15, 0.2) is 6.29 Å². The molecule has 5 rings (SSSR count). The molecule has 1 N–H and O–H groups in total. The number of β-amino-alcohol motifs (C(OH)–C–C–N with tert-alkyl or cyclic N) is 1. The van der Waals surface area contributed by atoms with E-state index in [1.165, 1.54) is 12.3 Å². The van der Waals surface area contributed by atoms with Crippen LogP contribution in [0, 0.1) is 18.3 Å². The number of halogens is 1. The SMILES string of the molecule is Cc1c(COc2cc(OCc3cncc(C#N)c3)c(C=O)cc2Cl)cccc1-c1cccc(OCCCN2CC[C@H](O)C2)c1. The van der Waals surface area contributed by atoms with Crippen molar-refractivity contribution in [1.82, 2.24) is 9.88 Å². The second-order valence-electron chi connectivity index (χ2n) is 10.8. The molecular weight excluding hydrogens is 578 g/mol. The zero-order valence-corrected chi connectivity index (χ0v) is 25.3. The molecule has 9 heteroatoms. The molecule has 1 aliphatic heterocycles. The molecule has 0 aliphatic carbocycles. The number of hydrogen-bond donors (Lipinski definition) is 1. The lowest BCUT2D eigenvalue weighted by molar-refractivity contribution is 0.111. The minimum Gasteiger partial charge on any atom is -0.494 e. The van der Waals surface area contributed by atoms with Crippen LogP contribution in [0.5, 0.6) is 17.2 Å². The Bertz CT molecular complexity index is 1650. The van der Waals surface area contributed by atoms with Gasteiger partial charge in [0.05, 0.1) is 28.9 Å². The lowest BCUT2D eigenvalue weighted by Crippen LogP contribution is -2.24. The van der Waals surface area contributed by atoms with Crippen LogP contribution in [0.4, 0.5) is 0 Å². The summed E-state index contributed by atoms with van der Waals surface area (Å²) in [5.41, 5.74) is 5.59. The Morgan fingerprint density at radius 2 is 1.91 bits per heavy atom. The number of nitrogens with zero attached hydrogens (tertiary/aromatic N) is 3. The minimum atomic E-state index is -0.202. The number of ether oxygens (including phenoxy) is 3. The molecule has 0 radical (unpaired) electrons. The van der Waals surface area contributed by atoms with Gasteiger partial charge >= 0.3 is 0 Å². The van der Waals surface area contributed by atoms with Crippen molar-refractivity contribution < 1.29 is 24.1 Å². The van der Waals surface area contributed by atoms with E-state index in [1.807, 2.05) is 30.3 Å². The Labute approximate surface area is 262 Å². The summed E-state index contributed by atoms with van der Waals surface area (Å²) in [4.78, 5) is 18.0. The van der Waals surface area contributed by atoms with Crippen molar-refractivity contribution in [1.29, 1.82) is 5.26 Å². The van der Waals surface area contributed by atoms with E-state index in [2.05, 4.69) is 35.0 Å². The highest BCUT2D eigenvalue weighted by Crippen LogP contribution is 2.34. The van der Waals surface area contributed by atoms with Gasteiger partial charge in [-0.15, -0.1) is 0 Å². The van der Waals surface area contributed by atoms with Crippen molar-refractivity contribution >= 4 is 17.9 Å². The standard InChI is InChI=1S/C35H34ClN3O5/c1-24-28(6-3-8-32(24)27-5-2-7-31(14-27)42-12-4-10-39-11-9-30(41)20-39)23-44-35-16-34(29(21-40)15-33(35)36)43-22-26-13-25(17-37)18-38-19-26/h2-3,5-8,13-16,18-19,21,30,41H,4,9-12,20,22-23H2,1H3/t30-/m0/s1. The third kappa shape index (κ3) is 7.94. The fraction of sp³-hybridized carbons (Fsp3) is 0.286. The molecule has 1 atom stereocenters. The highest BCUT2D eigenvalue weighted by atomic mass is 35.5. The van der Waals surface area contributed by atoms with Crippen molar-refractivity contribution in [3.8, 4) is 34.4 Å². The molecule has 1 aliphatic rings. The zero-order chi connectivity index (χ0) is 30.9. The van der Waals surface area contributed by atoms with Gasteiger partial charge in [0.25, 0.3) is 0 Å². The van der Waals surface area contributed by atoms with E-state index < -0.39 is 0 Å². The third-order valence-electron chi connectivity index (χ3n) is 7.62. The van der Waals surface area contributed by atoms with Gasteiger partial charge < -0.3 is 24.2 Å². The van der Waals surface area contributed by atoms with Gasteiger partial charge in [0.2, 0.25) is 0 Å². The first-order valence-corrected chi connectivity index (χ1v) is 14.9. The van der Waals surface area contributed by atoms with Crippen LogP contribution < -0.4 is 14.2 Å². The Morgan fingerprint density at radius 1 is 1.07 bits per heavy atom. The normalized spacial score (nSPS) is 14.6. The predicted octanol–water partition coefficient (Wildman–Crippen LogP) is 6.39. The smallest absolute Gasteiger partial charge is 0.153 e. The van der Waals surface area contributed by atoms with Gasteiger partial charge in [0, 0.05) is 43.7 Å². The first-order valence-electron chi connectivity index (χ1n) is 14.5. The summed E-state index contributed by atoms with van der Waals surface area (Å²) in [6.07, 6.45) is 5.30. The first kappa shape index (κ1) is 31.0. The number of carbonyl (C=O) groups excluding carboxylic acids is 1. The quantitative estimate of drug-likeness (QED) is 0.137. The van der Waals surface area contributed by atoms with Crippen molar-refractivity contribution in [2.45, 2.75) is 39.1 Å². The maximum atomic E-state index is 11.7. The lowest BCUT2D eigenvalue weighted by Gasteiger charge is -2.16. The molecule has 0 unspecified atom stereocenters. The van der Waals surface area contributed by atoms with Gasteiger partial charge in [-0.05, 0) is 66.3 Å². The number of aliphatic hydroxyl groups excluding tert-OH is 1. The summed E-state index contributed by atoms with van der Waals surface area (Å²) < 4.78 is 18.1. The van der Waals surface area contributed by atoms with Crippen LogP contribution in [0.3, 0.4) is 0 Å². The van der Waals surface area contributed by atoms with Crippen LogP contribution in [-0.4, -0.2) is 53.6 Å². The van der Waals surface area contributed by atoms with Gasteiger partial charge in [-0.2, -0.15) is 5.26 Å². The average Bonchev–Trinajstić information content (AvgIpc) is 3.47. The molecule has 226 valence electrons. The highest BCUT2D eigenvalue weighted by Gasteiger charge is 2.19. The molecule has 0 spiro atoms. The molecule has 3 aromatic carbocycles. The average molecular weight is 612 g/mol. The summed E-state index contributed by atoms with van der Waals surface area (Å²) in [5, 5.41) is 19.1. The monoisotopic (exact) mass is 611 g/mol. The minimum absolute atomic E-state index is 0.122. The number of rotatable bonds is 13. The molecule has 0 saturated carbocycles. The fourth-order valence-electron chi connectivity index (χ4n) is 5.22. The number of benzene rings is 3. The molecule has 1 aromatic heterocycles. The van der Waals surface area contributed by atoms with E-state index in [0.29, 0.717) is 46.1 Å². The van der Waals surface area contributed by atoms with Crippen LogP contribution in [0.25, 0.3) is 11.1 Å². The number of aldehydes is 1. The Hall–Kier alpha value is -4.42. The van der Waals surface area contributed by atoms with Crippen LogP contribution in [0.1, 0.15) is 45.5 Å². The number of carbonyl (C=O) groups is 1. The molecule has 1 saturated heterocycles. The van der Waals surface area contributed by atoms with Gasteiger partial charge in [-0.1, -0.05) is 41.9 Å². The van der Waals surface area contributed by atoms with Gasteiger partial charge in [-0.3, -0.25) is 9.78 Å². The van der Waals surface area contributed by atoms with E-state index in [4.69, 9.17) is 31.1 Å². The predicted molar refractivity (Wildman–Crippen MR) is 168 cm³/mol. The number of aromatic nitrogens is 1. The summed E-state index contributed by atoms with van der Waals surface area (Å²) in [6, 6.07) is 21.0. The number of aliphatic hydroxyl groups is 1. The molecular formula is C35H34ClN3O5. The summed E-state index contributed by atoms with van der Waals surface area (Å²) in [5.74, 6) is 1.52. The van der Waals surface area contributed by atoms with Crippen LogP contribution in [0.2, 0.25) is 5.02 Å². The topological polar surface area (TPSA) is 105 Å². The number of nitriles is 1. The van der Waals surface area contributed by atoms with E-state index in [9.17, 15) is 9.90 Å². The zero-order valence-electron chi connectivity index (χ0n) is 24.5. The van der Waals surface area contributed by atoms with Gasteiger partial charge in [-0.25, -0.2) is 0 Å².